The maximum absolute atomic E-state index is 14.4. The lowest BCUT2D eigenvalue weighted by molar-refractivity contribution is -0.132. The molecule has 3 amide bonds. The molecule has 3 aliphatic heterocycles. The number of amides is 3. The average Bonchev–Trinajstić information content (AvgIpc) is 3.48. The van der Waals surface area contributed by atoms with Gasteiger partial charge in [-0.2, -0.15) is 11.8 Å². The molecular weight excluding hydrogens is 489 g/mol. The maximum Gasteiger partial charge on any atom is 0.253 e. The lowest BCUT2D eigenvalue weighted by atomic mass is 9.76. The number of hydrogen-bond donors (Lipinski definition) is 1. The van der Waals surface area contributed by atoms with Gasteiger partial charge in [0, 0.05) is 17.3 Å². The Morgan fingerprint density at radius 1 is 0.919 bits per heavy atom. The second-order valence-electron chi connectivity index (χ2n) is 9.73. The van der Waals surface area contributed by atoms with Crippen LogP contribution < -0.4 is 15.1 Å². The molecule has 0 radical (unpaired) electrons. The van der Waals surface area contributed by atoms with Gasteiger partial charge in [0.25, 0.3) is 5.91 Å². The maximum atomic E-state index is 14.4. The van der Waals surface area contributed by atoms with E-state index in [1.165, 1.54) is 17.0 Å². The third-order valence-corrected chi connectivity index (χ3v) is 8.41. The van der Waals surface area contributed by atoms with E-state index in [-0.39, 0.29) is 36.1 Å². The lowest BCUT2D eigenvalue weighted by Crippen LogP contribution is -2.55. The molecule has 188 valence electrons. The minimum atomic E-state index is -1.35. The highest BCUT2D eigenvalue weighted by Crippen LogP contribution is 2.55. The first-order chi connectivity index (χ1) is 18.0. The van der Waals surface area contributed by atoms with Gasteiger partial charge >= 0.3 is 0 Å². The molecule has 0 unspecified atom stereocenters. The summed E-state index contributed by atoms with van der Waals surface area (Å²) < 4.78 is 13.5. The molecule has 0 aliphatic carbocycles. The number of benzene rings is 3. The van der Waals surface area contributed by atoms with Crippen molar-refractivity contribution < 1.29 is 18.8 Å². The molecule has 2 fully saturated rings. The monoisotopic (exact) mass is 515 g/mol. The number of nitrogens with zero attached hydrogens (tertiary/aromatic N) is 2. The Balaban J connectivity index is 1.47. The Kier molecular flexibility index (Phi) is 5.88. The smallest absolute Gasteiger partial charge is 0.253 e. The second kappa shape index (κ2) is 9.11. The zero-order valence-electron chi connectivity index (χ0n) is 20.3. The summed E-state index contributed by atoms with van der Waals surface area (Å²) >= 11 is 1.67. The Morgan fingerprint density at radius 3 is 2.35 bits per heavy atom. The van der Waals surface area contributed by atoms with Crippen LogP contribution in [0.25, 0.3) is 0 Å². The fraction of sp³-hybridized carbons (Fsp3) is 0.276. The van der Waals surface area contributed by atoms with Gasteiger partial charge in [0.15, 0.2) is 0 Å². The van der Waals surface area contributed by atoms with Crippen molar-refractivity contribution in [2.75, 3.05) is 21.8 Å². The standard InChI is InChI=1S/C29H26FN3O3S/c1-37-16-15-22-24-25(27(35)33(26(24)34)20-7-3-2-4-8-20)29(31-22)21-9-5-6-10-23(21)32(28(29)36)17-18-11-13-19(30)14-12-18/h2-14,22,24-25,31H,15-17H2,1H3/t22-,24+,25+,29-/m0/s1. The zero-order valence-corrected chi connectivity index (χ0v) is 21.1. The van der Waals surface area contributed by atoms with Gasteiger partial charge in [-0.05, 0) is 54.3 Å². The second-order valence-corrected chi connectivity index (χ2v) is 10.7. The van der Waals surface area contributed by atoms with Crippen molar-refractivity contribution in [3.63, 3.8) is 0 Å². The highest BCUT2D eigenvalue weighted by Gasteiger charge is 2.71. The van der Waals surface area contributed by atoms with Gasteiger partial charge in [-0.1, -0.05) is 48.5 Å². The molecule has 6 rings (SSSR count). The fourth-order valence-corrected chi connectivity index (χ4v) is 6.69. The SMILES string of the molecule is CSCC[C@@H]1N[C@]2(C(=O)N(Cc3ccc(F)cc3)c3ccccc32)[C@H]2C(=O)N(c3ccccc3)C(=O)[C@H]12. The number of para-hydroxylation sites is 2. The molecule has 6 nitrogen and oxygen atoms in total. The van der Waals surface area contributed by atoms with Crippen LogP contribution in [0.1, 0.15) is 17.5 Å². The quantitative estimate of drug-likeness (QED) is 0.501. The van der Waals surface area contributed by atoms with Gasteiger partial charge in [-0.15, -0.1) is 0 Å². The van der Waals surface area contributed by atoms with Crippen molar-refractivity contribution in [1.82, 2.24) is 5.32 Å². The highest BCUT2D eigenvalue weighted by atomic mass is 32.2. The van der Waals surface area contributed by atoms with Crippen molar-refractivity contribution in [3.05, 3.63) is 95.8 Å². The van der Waals surface area contributed by atoms with E-state index in [1.807, 2.05) is 36.6 Å². The van der Waals surface area contributed by atoms with E-state index in [1.54, 1.807) is 53.1 Å². The Morgan fingerprint density at radius 2 is 1.62 bits per heavy atom. The van der Waals surface area contributed by atoms with E-state index in [0.717, 1.165) is 11.3 Å². The normalized spacial score (nSPS) is 26.3. The summed E-state index contributed by atoms with van der Waals surface area (Å²) in [4.78, 5) is 45.3. The molecule has 0 saturated carbocycles. The van der Waals surface area contributed by atoms with Gasteiger partial charge in [0.05, 0.1) is 24.1 Å². The predicted octanol–water partition coefficient (Wildman–Crippen LogP) is 4.10. The lowest BCUT2D eigenvalue weighted by Gasteiger charge is -2.30. The molecule has 3 aliphatic rings. The van der Waals surface area contributed by atoms with Gasteiger partial charge in [0.1, 0.15) is 11.4 Å². The van der Waals surface area contributed by atoms with Crippen molar-refractivity contribution in [1.29, 1.82) is 0 Å². The molecule has 4 atom stereocenters. The zero-order chi connectivity index (χ0) is 25.7. The fourth-order valence-electron chi connectivity index (χ4n) is 6.20. The number of hydrogen-bond acceptors (Lipinski definition) is 5. The number of nitrogens with one attached hydrogen (secondary N) is 1. The minimum absolute atomic E-state index is 0.233. The number of thioether (sulfide) groups is 1. The van der Waals surface area contributed by atoms with E-state index in [2.05, 4.69) is 5.32 Å². The van der Waals surface area contributed by atoms with Crippen LogP contribution in [0.3, 0.4) is 0 Å². The summed E-state index contributed by atoms with van der Waals surface area (Å²) in [5, 5.41) is 3.53. The van der Waals surface area contributed by atoms with Crippen LogP contribution in [-0.2, 0) is 26.5 Å². The van der Waals surface area contributed by atoms with Crippen LogP contribution in [0.5, 0.6) is 0 Å². The van der Waals surface area contributed by atoms with Crippen LogP contribution in [0.4, 0.5) is 15.8 Å². The van der Waals surface area contributed by atoms with E-state index < -0.39 is 17.4 Å². The average molecular weight is 516 g/mol. The third kappa shape index (κ3) is 3.54. The summed E-state index contributed by atoms with van der Waals surface area (Å²) in [5.41, 5.74) is 1.36. The minimum Gasteiger partial charge on any atom is -0.306 e. The van der Waals surface area contributed by atoms with Crippen molar-refractivity contribution in [3.8, 4) is 0 Å². The number of carbonyl (C=O) groups excluding carboxylic acids is 3. The summed E-state index contributed by atoms with van der Waals surface area (Å²) in [6.07, 6.45) is 2.65. The molecule has 1 N–H and O–H groups in total. The van der Waals surface area contributed by atoms with E-state index in [0.29, 0.717) is 23.4 Å². The Labute approximate surface area is 218 Å². The van der Waals surface area contributed by atoms with Crippen molar-refractivity contribution in [2.24, 2.45) is 11.8 Å². The van der Waals surface area contributed by atoms with Gasteiger partial charge in [-0.25, -0.2) is 9.29 Å². The van der Waals surface area contributed by atoms with Gasteiger partial charge in [0.2, 0.25) is 11.8 Å². The molecule has 0 bridgehead atoms. The molecular formula is C29H26FN3O3S. The molecule has 3 heterocycles. The highest BCUT2D eigenvalue weighted by molar-refractivity contribution is 7.98. The number of anilines is 2. The van der Waals surface area contributed by atoms with Crippen LogP contribution in [0, 0.1) is 17.7 Å². The molecule has 3 aromatic rings. The first-order valence-electron chi connectivity index (χ1n) is 12.3. The summed E-state index contributed by atoms with van der Waals surface area (Å²) in [6.45, 7) is 0.233. The molecule has 3 aromatic carbocycles. The van der Waals surface area contributed by atoms with Crippen LogP contribution in [0.2, 0.25) is 0 Å². The Hall–Kier alpha value is -3.49. The first kappa shape index (κ1) is 23.9. The number of carbonyl (C=O) groups is 3. The van der Waals surface area contributed by atoms with Crippen LogP contribution >= 0.6 is 11.8 Å². The van der Waals surface area contributed by atoms with Crippen LogP contribution in [0.15, 0.2) is 78.9 Å². The number of halogens is 1. The summed E-state index contributed by atoms with van der Waals surface area (Å²) in [7, 11) is 0. The van der Waals surface area contributed by atoms with E-state index >= 15 is 0 Å². The predicted molar refractivity (Wildman–Crippen MR) is 142 cm³/mol. The summed E-state index contributed by atoms with van der Waals surface area (Å²) in [5.74, 6) is -1.94. The largest absolute Gasteiger partial charge is 0.306 e. The first-order valence-corrected chi connectivity index (χ1v) is 13.7. The van der Waals surface area contributed by atoms with Crippen LogP contribution in [-0.4, -0.2) is 35.8 Å². The summed E-state index contributed by atoms with van der Waals surface area (Å²) in [6, 6.07) is 22.1. The van der Waals surface area contributed by atoms with E-state index in [9.17, 15) is 18.8 Å². The number of fused-ring (bicyclic) bond motifs is 4. The number of imide groups is 1. The third-order valence-electron chi connectivity index (χ3n) is 7.77. The van der Waals surface area contributed by atoms with Crippen molar-refractivity contribution in [2.45, 2.75) is 24.5 Å². The molecule has 8 heteroatoms. The Bertz CT molecular complexity index is 1380. The molecule has 2 saturated heterocycles. The van der Waals surface area contributed by atoms with E-state index in [4.69, 9.17) is 0 Å². The molecule has 0 aromatic heterocycles. The van der Waals surface area contributed by atoms with Gasteiger partial charge in [-0.3, -0.25) is 19.7 Å². The van der Waals surface area contributed by atoms with Crippen molar-refractivity contribution >= 4 is 40.9 Å². The topological polar surface area (TPSA) is 69.7 Å². The van der Waals surface area contributed by atoms with Gasteiger partial charge < -0.3 is 4.90 Å². The molecule has 37 heavy (non-hydrogen) atoms. The molecule has 1 spiro atoms. The number of rotatable bonds is 6.